The molecule has 0 fully saturated rings. The number of hydrogen-bond acceptors (Lipinski definition) is 3. The van der Waals surface area contributed by atoms with E-state index in [4.69, 9.17) is 5.73 Å². The van der Waals surface area contributed by atoms with Crippen molar-refractivity contribution in [3.63, 3.8) is 0 Å². The number of likely N-dealkylation sites (N-methyl/N-ethyl adjacent to an activating group) is 1. The first-order chi connectivity index (χ1) is 8.58. The second kappa shape index (κ2) is 7.38. The van der Waals surface area contributed by atoms with Gasteiger partial charge in [-0.2, -0.15) is 0 Å². The molecule has 0 atom stereocenters. The Labute approximate surface area is 117 Å². The number of nitrogens with one attached hydrogen (secondary N) is 1. The summed E-state index contributed by atoms with van der Waals surface area (Å²) in [7, 11) is 0. The SMILES string of the molecule is CCN(CC)CCNC(=O)c1cc(N)ccc1Br. The molecule has 0 aliphatic carbocycles. The van der Waals surface area contributed by atoms with E-state index >= 15 is 0 Å². The molecule has 5 heteroatoms. The summed E-state index contributed by atoms with van der Waals surface area (Å²) in [5, 5.41) is 2.90. The minimum absolute atomic E-state index is 0.0960. The number of amides is 1. The lowest BCUT2D eigenvalue weighted by atomic mass is 10.2. The Morgan fingerprint density at radius 2 is 2.06 bits per heavy atom. The summed E-state index contributed by atoms with van der Waals surface area (Å²) in [5.74, 6) is -0.0960. The number of nitrogen functional groups attached to an aromatic ring is 1. The Kier molecular flexibility index (Phi) is 6.15. The minimum atomic E-state index is -0.0960. The van der Waals surface area contributed by atoms with Gasteiger partial charge < -0.3 is 16.0 Å². The molecule has 4 nitrogen and oxygen atoms in total. The molecule has 1 aromatic carbocycles. The second-order valence-electron chi connectivity index (χ2n) is 4.02. The summed E-state index contributed by atoms with van der Waals surface area (Å²) in [6.45, 7) is 7.71. The maximum absolute atomic E-state index is 12.0. The van der Waals surface area contributed by atoms with Gasteiger partial charge in [0.25, 0.3) is 5.91 Å². The molecular formula is C13H20BrN3O. The quantitative estimate of drug-likeness (QED) is 0.791. The van der Waals surface area contributed by atoms with Crippen LogP contribution in [0.2, 0.25) is 0 Å². The molecular weight excluding hydrogens is 294 g/mol. The van der Waals surface area contributed by atoms with E-state index in [1.54, 1.807) is 18.2 Å². The van der Waals surface area contributed by atoms with Crippen molar-refractivity contribution >= 4 is 27.5 Å². The van der Waals surface area contributed by atoms with Gasteiger partial charge in [-0.25, -0.2) is 0 Å². The molecule has 0 aliphatic heterocycles. The number of carbonyl (C=O) groups excluding carboxylic acids is 1. The Balaban J connectivity index is 2.53. The highest BCUT2D eigenvalue weighted by Crippen LogP contribution is 2.19. The van der Waals surface area contributed by atoms with Crippen LogP contribution in [-0.2, 0) is 0 Å². The van der Waals surface area contributed by atoms with Crippen LogP contribution in [0.3, 0.4) is 0 Å². The Bertz CT molecular complexity index is 405. The zero-order chi connectivity index (χ0) is 13.5. The number of halogens is 1. The first-order valence-electron chi connectivity index (χ1n) is 6.14. The van der Waals surface area contributed by atoms with Gasteiger partial charge in [0, 0.05) is 23.2 Å². The summed E-state index contributed by atoms with van der Waals surface area (Å²) in [4.78, 5) is 14.2. The van der Waals surface area contributed by atoms with Gasteiger partial charge >= 0.3 is 0 Å². The molecule has 0 aliphatic rings. The monoisotopic (exact) mass is 313 g/mol. The van der Waals surface area contributed by atoms with Crippen LogP contribution >= 0.6 is 15.9 Å². The van der Waals surface area contributed by atoms with Crippen LogP contribution in [0, 0.1) is 0 Å². The first-order valence-corrected chi connectivity index (χ1v) is 6.93. The number of carbonyl (C=O) groups is 1. The van der Waals surface area contributed by atoms with Crippen LogP contribution in [-0.4, -0.2) is 37.0 Å². The molecule has 0 spiro atoms. The highest BCUT2D eigenvalue weighted by atomic mass is 79.9. The summed E-state index contributed by atoms with van der Waals surface area (Å²) >= 11 is 3.35. The van der Waals surface area contributed by atoms with Crippen molar-refractivity contribution in [1.82, 2.24) is 10.2 Å². The minimum Gasteiger partial charge on any atom is -0.399 e. The highest BCUT2D eigenvalue weighted by molar-refractivity contribution is 9.10. The third-order valence-corrected chi connectivity index (χ3v) is 3.53. The molecule has 1 amide bonds. The van der Waals surface area contributed by atoms with Crippen LogP contribution < -0.4 is 11.1 Å². The van der Waals surface area contributed by atoms with Crippen molar-refractivity contribution in [2.45, 2.75) is 13.8 Å². The van der Waals surface area contributed by atoms with Crippen LogP contribution in [0.25, 0.3) is 0 Å². The normalized spacial score (nSPS) is 10.7. The van der Waals surface area contributed by atoms with E-state index in [1.807, 2.05) is 0 Å². The molecule has 100 valence electrons. The average molecular weight is 314 g/mol. The standard InChI is InChI=1S/C13H20BrN3O/c1-3-17(4-2)8-7-16-13(18)11-9-10(15)5-6-12(11)14/h5-6,9H,3-4,7-8,15H2,1-2H3,(H,16,18). The van der Waals surface area contributed by atoms with E-state index in [-0.39, 0.29) is 5.91 Å². The molecule has 0 radical (unpaired) electrons. The summed E-state index contributed by atoms with van der Waals surface area (Å²) in [6.07, 6.45) is 0. The molecule has 1 rings (SSSR count). The van der Waals surface area contributed by atoms with Crippen molar-refractivity contribution < 1.29 is 4.79 Å². The predicted molar refractivity (Wildman–Crippen MR) is 78.7 cm³/mol. The second-order valence-corrected chi connectivity index (χ2v) is 4.88. The fraction of sp³-hybridized carbons (Fsp3) is 0.462. The summed E-state index contributed by atoms with van der Waals surface area (Å²) in [6, 6.07) is 5.22. The van der Waals surface area contributed by atoms with Crippen molar-refractivity contribution in [3.8, 4) is 0 Å². The predicted octanol–water partition coefficient (Wildman–Crippen LogP) is 2.10. The largest absolute Gasteiger partial charge is 0.399 e. The van der Waals surface area contributed by atoms with Crippen LogP contribution in [0.4, 0.5) is 5.69 Å². The molecule has 0 saturated carbocycles. The molecule has 0 saturated heterocycles. The fourth-order valence-electron chi connectivity index (χ4n) is 1.68. The molecule has 0 bridgehead atoms. The maximum Gasteiger partial charge on any atom is 0.252 e. The van der Waals surface area contributed by atoms with E-state index in [0.29, 0.717) is 17.8 Å². The number of benzene rings is 1. The van der Waals surface area contributed by atoms with E-state index < -0.39 is 0 Å². The van der Waals surface area contributed by atoms with Crippen LogP contribution in [0.1, 0.15) is 24.2 Å². The van der Waals surface area contributed by atoms with Crippen molar-refractivity contribution in [3.05, 3.63) is 28.2 Å². The Hall–Kier alpha value is -1.07. The lowest BCUT2D eigenvalue weighted by Gasteiger charge is -2.18. The van der Waals surface area contributed by atoms with Gasteiger partial charge in [0.05, 0.1) is 5.56 Å². The van der Waals surface area contributed by atoms with E-state index in [1.165, 1.54) is 0 Å². The maximum atomic E-state index is 12.0. The van der Waals surface area contributed by atoms with E-state index in [9.17, 15) is 4.79 Å². The summed E-state index contributed by atoms with van der Waals surface area (Å²) in [5.41, 5.74) is 6.84. The van der Waals surface area contributed by atoms with Gasteiger partial charge in [-0.05, 0) is 47.2 Å². The van der Waals surface area contributed by atoms with Gasteiger partial charge in [0.1, 0.15) is 0 Å². The van der Waals surface area contributed by atoms with E-state index in [2.05, 4.69) is 40.0 Å². The number of hydrogen-bond donors (Lipinski definition) is 2. The number of anilines is 1. The third-order valence-electron chi connectivity index (χ3n) is 2.84. The number of nitrogens with zero attached hydrogens (tertiary/aromatic N) is 1. The topological polar surface area (TPSA) is 58.4 Å². The zero-order valence-electron chi connectivity index (χ0n) is 10.9. The Morgan fingerprint density at radius 3 is 2.67 bits per heavy atom. The van der Waals surface area contributed by atoms with Gasteiger partial charge in [0.15, 0.2) is 0 Å². The number of nitrogens with two attached hydrogens (primary N) is 1. The van der Waals surface area contributed by atoms with Gasteiger partial charge in [-0.3, -0.25) is 4.79 Å². The van der Waals surface area contributed by atoms with Crippen molar-refractivity contribution in [1.29, 1.82) is 0 Å². The molecule has 3 N–H and O–H groups in total. The van der Waals surface area contributed by atoms with E-state index in [0.717, 1.165) is 24.1 Å². The molecule has 1 aromatic rings. The lowest BCUT2D eigenvalue weighted by molar-refractivity contribution is 0.0948. The molecule has 18 heavy (non-hydrogen) atoms. The number of rotatable bonds is 6. The molecule has 0 aromatic heterocycles. The average Bonchev–Trinajstić information content (AvgIpc) is 2.37. The fourth-order valence-corrected chi connectivity index (χ4v) is 2.11. The zero-order valence-corrected chi connectivity index (χ0v) is 12.5. The smallest absolute Gasteiger partial charge is 0.252 e. The van der Waals surface area contributed by atoms with Crippen molar-refractivity contribution in [2.24, 2.45) is 0 Å². The van der Waals surface area contributed by atoms with Crippen LogP contribution in [0.5, 0.6) is 0 Å². The Morgan fingerprint density at radius 1 is 1.39 bits per heavy atom. The highest BCUT2D eigenvalue weighted by Gasteiger charge is 2.10. The van der Waals surface area contributed by atoms with Gasteiger partial charge in [-0.15, -0.1) is 0 Å². The van der Waals surface area contributed by atoms with Crippen molar-refractivity contribution in [2.75, 3.05) is 31.9 Å². The first kappa shape index (κ1) is 15.0. The molecule has 0 unspecified atom stereocenters. The lowest BCUT2D eigenvalue weighted by Crippen LogP contribution is -2.34. The molecule has 0 heterocycles. The van der Waals surface area contributed by atoms with Gasteiger partial charge in [-0.1, -0.05) is 13.8 Å². The third kappa shape index (κ3) is 4.31. The van der Waals surface area contributed by atoms with Crippen LogP contribution in [0.15, 0.2) is 22.7 Å². The summed E-state index contributed by atoms with van der Waals surface area (Å²) < 4.78 is 0.761. The van der Waals surface area contributed by atoms with Gasteiger partial charge in [0.2, 0.25) is 0 Å².